The molecule has 0 bridgehead atoms. The van der Waals surface area contributed by atoms with Crippen LogP contribution >= 0.6 is 11.6 Å². The molecule has 0 aromatic carbocycles. The smallest absolute Gasteiger partial charge is 0.342 e. The van der Waals surface area contributed by atoms with Crippen LogP contribution in [0.25, 0.3) is 22.1 Å². The SMILES string of the molecule is O=c1n(Cc2cc3nc(Cl)ccc3n2CCCC(F)(F)F)c2cnccc2n1CC(F)(F)F. The van der Waals surface area contributed by atoms with Gasteiger partial charge in [-0.25, -0.2) is 9.78 Å². The van der Waals surface area contributed by atoms with Gasteiger partial charge >= 0.3 is 18.0 Å². The van der Waals surface area contributed by atoms with Crippen LogP contribution in [-0.2, 0) is 19.6 Å². The number of hydrogen-bond donors (Lipinski definition) is 0. The Labute approximate surface area is 187 Å². The van der Waals surface area contributed by atoms with Gasteiger partial charge in [-0.3, -0.25) is 14.1 Å². The summed E-state index contributed by atoms with van der Waals surface area (Å²) in [4.78, 5) is 21.0. The monoisotopic (exact) mass is 491 g/mol. The zero-order valence-corrected chi connectivity index (χ0v) is 17.5. The van der Waals surface area contributed by atoms with Crippen molar-refractivity contribution >= 4 is 33.7 Å². The van der Waals surface area contributed by atoms with Crippen molar-refractivity contribution in [3.05, 3.63) is 58.0 Å². The summed E-state index contributed by atoms with van der Waals surface area (Å²) in [6.07, 6.45) is -7.65. The largest absolute Gasteiger partial charge is 0.406 e. The van der Waals surface area contributed by atoms with Gasteiger partial charge in [0.05, 0.1) is 34.8 Å². The highest BCUT2D eigenvalue weighted by atomic mass is 35.5. The molecule has 13 heteroatoms. The summed E-state index contributed by atoms with van der Waals surface area (Å²) >= 11 is 5.93. The first kappa shape index (κ1) is 23.1. The molecule has 33 heavy (non-hydrogen) atoms. The second-order valence-corrected chi connectivity index (χ2v) is 7.87. The molecule has 0 N–H and O–H groups in total. The number of fused-ring (bicyclic) bond motifs is 2. The van der Waals surface area contributed by atoms with Gasteiger partial charge in [-0.2, -0.15) is 26.3 Å². The summed E-state index contributed by atoms with van der Waals surface area (Å²) in [5.41, 5.74) is 0.613. The van der Waals surface area contributed by atoms with E-state index in [0.717, 1.165) is 4.57 Å². The van der Waals surface area contributed by atoms with Crippen LogP contribution in [0, 0.1) is 0 Å². The predicted octanol–water partition coefficient (Wildman–Crippen LogP) is 5.15. The van der Waals surface area contributed by atoms with Gasteiger partial charge in [0, 0.05) is 24.9 Å². The average Bonchev–Trinajstić information content (AvgIpc) is 3.16. The fraction of sp³-hybridized carbons (Fsp3) is 0.350. The van der Waals surface area contributed by atoms with Crippen molar-refractivity contribution in [1.29, 1.82) is 0 Å². The molecule has 0 saturated heterocycles. The van der Waals surface area contributed by atoms with Gasteiger partial charge in [0.1, 0.15) is 11.7 Å². The maximum Gasteiger partial charge on any atom is 0.406 e. The minimum Gasteiger partial charge on any atom is -0.342 e. The maximum absolute atomic E-state index is 13.1. The van der Waals surface area contributed by atoms with Crippen molar-refractivity contribution in [2.75, 3.05) is 0 Å². The lowest BCUT2D eigenvalue weighted by Gasteiger charge is -2.12. The lowest BCUT2D eigenvalue weighted by Crippen LogP contribution is -2.30. The quantitative estimate of drug-likeness (QED) is 0.277. The summed E-state index contributed by atoms with van der Waals surface area (Å²) in [5.74, 6) is 0. The Balaban J connectivity index is 1.80. The summed E-state index contributed by atoms with van der Waals surface area (Å²) < 4.78 is 80.5. The average molecular weight is 492 g/mol. The standard InChI is InChI=1S/C20H16ClF6N5O/c21-17-3-2-14-13(29-17)8-12(30(14)7-1-5-19(22,23)24)10-31-16-9-28-6-4-15(16)32(18(31)33)11-20(25,26)27/h2-4,6,8-9H,1,5,7,10-11H2. The van der Waals surface area contributed by atoms with E-state index < -0.39 is 31.0 Å². The van der Waals surface area contributed by atoms with Crippen LogP contribution in [0.1, 0.15) is 18.5 Å². The first-order valence-electron chi connectivity index (χ1n) is 9.74. The third-order valence-corrected chi connectivity index (χ3v) is 5.34. The van der Waals surface area contributed by atoms with Crippen LogP contribution in [0.4, 0.5) is 26.3 Å². The third kappa shape index (κ3) is 5.00. The van der Waals surface area contributed by atoms with E-state index in [4.69, 9.17) is 11.6 Å². The first-order valence-corrected chi connectivity index (χ1v) is 10.1. The predicted molar refractivity (Wildman–Crippen MR) is 109 cm³/mol. The molecule has 0 aliphatic heterocycles. The van der Waals surface area contributed by atoms with E-state index in [1.807, 2.05) is 0 Å². The van der Waals surface area contributed by atoms with Crippen LogP contribution in [0.5, 0.6) is 0 Å². The number of aryl methyl sites for hydroxylation is 1. The molecule has 0 unspecified atom stereocenters. The highest BCUT2D eigenvalue weighted by Gasteiger charge is 2.31. The molecule has 0 atom stereocenters. The fourth-order valence-corrected chi connectivity index (χ4v) is 3.97. The van der Waals surface area contributed by atoms with Crippen molar-refractivity contribution in [2.45, 2.75) is 44.8 Å². The molecule has 0 spiro atoms. The number of pyridine rings is 2. The van der Waals surface area contributed by atoms with Crippen molar-refractivity contribution in [2.24, 2.45) is 0 Å². The zero-order chi connectivity index (χ0) is 24.0. The molecule has 4 aromatic rings. The van der Waals surface area contributed by atoms with E-state index in [0.29, 0.717) is 21.3 Å². The molecular weight excluding hydrogens is 476 g/mol. The fourth-order valence-electron chi connectivity index (χ4n) is 3.81. The molecule has 0 aliphatic carbocycles. The summed E-state index contributed by atoms with van der Waals surface area (Å²) in [7, 11) is 0. The number of alkyl halides is 6. The lowest BCUT2D eigenvalue weighted by molar-refractivity contribution is -0.140. The van der Waals surface area contributed by atoms with Crippen molar-refractivity contribution in [1.82, 2.24) is 23.7 Å². The van der Waals surface area contributed by atoms with Crippen molar-refractivity contribution in [3.63, 3.8) is 0 Å². The van der Waals surface area contributed by atoms with Crippen molar-refractivity contribution < 1.29 is 26.3 Å². The third-order valence-electron chi connectivity index (χ3n) is 5.13. The first-order chi connectivity index (χ1) is 15.4. The van der Waals surface area contributed by atoms with E-state index in [2.05, 4.69) is 9.97 Å². The topological polar surface area (TPSA) is 57.6 Å². The number of hydrogen-bond acceptors (Lipinski definition) is 3. The van der Waals surface area contributed by atoms with Gasteiger partial charge in [0.25, 0.3) is 0 Å². The molecule has 6 nitrogen and oxygen atoms in total. The molecule has 0 fully saturated rings. The molecule has 176 valence electrons. The molecular formula is C20H16ClF6N5O. The number of halogens is 7. The van der Waals surface area contributed by atoms with Crippen LogP contribution in [0.3, 0.4) is 0 Å². The van der Waals surface area contributed by atoms with E-state index in [1.165, 1.54) is 24.5 Å². The van der Waals surface area contributed by atoms with E-state index in [1.54, 1.807) is 16.7 Å². The summed E-state index contributed by atoms with van der Waals surface area (Å²) in [6.45, 7) is -1.70. The van der Waals surface area contributed by atoms with Gasteiger partial charge in [-0.05, 0) is 30.7 Å². The minimum absolute atomic E-state index is 0.0319. The maximum atomic E-state index is 13.1. The highest BCUT2D eigenvalue weighted by Crippen LogP contribution is 2.26. The molecule has 4 heterocycles. The second kappa shape index (κ2) is 8.40. The van der Waals surface area contributed by atoms with E-state index in [-0.39, 0.29) is 35.7 Å². The van der Waals surface area contributed by atoms with Gasteiger partial charge in [0.2, 0.25) is 0 Å². The second-order valence-electron chi connectivity index (χ2n) is 7.48. The Bertz CT molecular complexity index is 1370. The minimum atomic E-state index is -4.63. The van der Waals surface area contributed by atoms with Crippen LogP contribution < -0.4 is 5.69 Å². The Morgan fingerprint density at radius 2 is 1.67 bits per heavy atom. The molecule has 0 amide bonds. The molecule has 4 rings (SSSR count). The van der Waals surface area contributed by atoms with Crippen molar-refractivity contribution in [3.8, 4) is 0 Å². The van der Waals surface area contributed by atoms with Gasteiger partial charge in [-0.15, -0.1) is 0 Å². The number of nitrogens with zero attached hydrogens (tertiary/aromatic N) is 5. The number of rotatable bonds is 6. The molecule has 4 aromatic heterocycles. The van der Waals surface area contributed by atoms with E-state index in [9.17, 15) is 31.1 Å². The number of aromatic nitrogens is 5. The summed E-state index contributed by atoms with van der Waals surface area (Å²) in [6, 6.07) is 5.95. The molecule has 0 aliphatic rings. The number of imidazole rings is 1. The van der Waals surface area contributed by atoms with Gasteiger partial charge < -0.3 is 4.57 Å². The normalized spacial score (nSPS) is 12.8. The van der Waals surface area contributed by atoms with Crippen LogP contribution in [-0.4, -0.2) is 36.0 Å². The summed E-state index contributed by atoms with van der Waals surface area (Å²) in [5, 5.41) is 0.171. The van der Waals surface area contributed by atoms with Crippen LogP contribution in [0.15, 0.2) is 41.5 Å². The highest BCUT2D eigenvalue weighted by molar-refractivity contribution is 6.29. The Kier molecular flexibility index (Phi) is 5.89. The Hall–Kier alpha value is -3.02. The van der Waals surface area contributed by atoms with Gasteiger partial charge in [0.15, 0.2) is 0 Å². The van der Waals surface area contributed by atoms with Crippen LogP contribution in [0.2, 0.25) is 5.15 Å². The molecule has 0 radical (unpaired) electrons. The van der Waals surface area contributed by atoms with E-state index >= 15 is 0 Å². The zero-order valence-electron chi connectivity index (χ0n) is 16.8. The molecule has 0 saturated carbocycles. The lowest BCUT2D eigenvalue weighted by atomic mass is 10.3. The van der Waals surface area contributed by atoms with Gasteiger partial charge in [-0.1, -0.05) is 11.6 Å². The Morgan fingerprint density at radius 3 is 2.36 bits per heavy atom. The Morgan fingerprint density at radius 1 is 0.909 bits per heavy atom.